The summed E-state index contributed by atoms with van der Waals surface area (Å²) in [5, 5.41) is 0.928. The fraction of sp³-hybridized carbons (Fsp3) is 0.429. The van der Waals surface area contributed by atoms with E-state index in [-0.39, 0.29) is 5.82 Å². The second-order valence-corrected chi connectivity index (χ2v) is 5.10. The van der Waals surface area contributed by atoms with E-state index in [1.165, 1.54) is 13.2 Å². The lowest BCUT2D eigenvalue weighted by atomic mass is 10.2. The van der Waals surface area contributed by atoms with Gasteiger partial charge < -0.3 is 14.2 Å². The lowest BCUT2D eigenvalue weighted by Crippen LogP contribution is -2.17. The third kappa shape index (κ3) is 1.68. The smallest absolute Gasteiger partial charge is 0.165 e. The van der Waals surface area contributed by atoms with Crippen molar-refractivity contribution in [3.8, 4) is 5.75 Å². The molecule has 0 N–H and O–H groups in total. The lowest BCUT2D eigenvalue weighted by Gasteiger charge is -2.11. The van der Waals surface area contributed by atoms with Gasteiger partial charge in [0.25, 0.3) is 0 Å². The number of fused-ring (bicyclic) bond motifs is 1. The van der Waals surface area contributed by atoms with Crippen molar-refractivity contribution in [2.45, 2.75) is 18.5 Å². The average Bonchev–Trinajstić information content (AvgIpc) is 3.04. The van der Waals surface area contributed by atoms with Crippen LogP contribution in [-0.2, 0) is 0 Å². The number of hydrogen-bond acceptors (Lipinski definition) is 2. The molecule has 3 rings (SSSR count). The van der Waals surface area contributed by atoms with Crippen LogP contribution in [0.1, 0.15) is 12.5 Å². The molecule has 1 aliphatic rings. The number of methoxy groups -OCH3 is 1. The van der Waals surface area contributed by atoms with Crippen LogP contribution in [0.2, 0.25) is 0 Å². The van der Waals surface area contributed by atoms with Crippen LogP contribution in [0, 0.1) is 5.82 Å². The van der Waals surface area contributed by atoms with Crippen molar-refractivity contribution < 1.29 is 9.13 Å². The van der Waals surface area contributed by atoms with Crippen LogP contribution in [0.3, 0.4) is 0 Å². The molecule has 18 heavy (non-hydrogen) atoms. The monoisotopic (exact) mass is 248 g/mol. The van der Waals surface area contributed by atoms with Gasteiger partial charge in [-0.25, -0.2) is 4.39 Å². The average molecular weight is 248 g/mol. The van der Waals surface area contributed by atoms with Crippen molar-refractivity contribution in [3.05, 3.63) is 30.2 Å². The molecule has 1 aromatic carbocycles. The summed E-state index contributed by atoms with van der Waals surface area (Å²) in [5.74, 6) is 0.00668. The molecule has 1 aliphatic carbocycles. The molecule has 1 saturated carbocycles. The Balaban J connectivity index is 2.04. The van der Waals surface area contributed by atoms with Crippen molar-refractivity contribution in [1.29, 1.82) is 0 Å². The van der Waals surface area contributed by atoms with Gasteiger partial charge in [-0.1, -0.05) is 0 Å². The topological polar surface area (TPSA) is 17.4 Å². The predicted molar refractivity (Wildman–Crippen MR) is 69.6 cm³/mol. The van der Waals surface area contributed by atoms with Crippen molar-refractivity contribution in [2.75, 3.05) is 21.2 Å². The molecule has 4 heteroatoms. The Morgan fingerprint density at radius 2 is 2.17 bits per heavy atom. The number of aromatic nitrogens is 1. The first kappa shape index (κ1) is 11.5. The van der Waals surface area contributed by atoms with E-state index in [1.807, 2.05) is 12.3 Å². The number of likely N-dealkylation sites (N-methyl/N-ethyl adjacent to an activating group) is 1. The maximum Gasteiger partial charge on any atom is 0.165 e. The molecular weight excluding hydrogens is 231 g/mol. The van der Waals surface area contributed by atoms with Gasteiger partial charge in [0.15, 0.2) is 11.6 Å². The van der Waals surface area contributed by atoms with Crippen LogP contribution in [0.15, 0.2) is 24.4 Å². The molecule has 0 amide bonds. The van der Waals surface area contributed by atoms with Crippen LogP contribution in [0.4, 0.5) is 4.39 Å². The summed E-state index contributed by atoms with van der Waals surface area (Å²) in [7, 11) is 5.69. The summed E-state index contributed by atoms with van der Waals surface area (Å²) in [4.78, 5) is 2.23. The molecule has 1 aromatic heterocycles. The molecule has 2 atom stereocenters. The van der Waals surface area contributed by atoms with E-state index < -0.39 is 0 Å². The molecule has 2 unspecified atom stereocenters. The number of benzene rings is 1. The van der Waals surface area contributed by atoms with Gasteiger partial charge in [-0.2, -0.15) is 0 Å². The quantitative estimate of drug-likeness (QED) is 0.831. The molecule has 3 nitrogen and oxygen atoms in total. The van der Waals surface area contributed by atoms with Crippen LogP contribution < -0.4 is 4.74 Å². The standard InChI is InChI=1S/C14H17FN2O/c1-16(2)12-7-13(12)17-5-4-9-6-10(15)14(18-3)8-11(9)17/h4-6,8,12-13H,7H2,1-3H3. The Labute approximate surface area is 106 Å². The second kappa shape index (κ2) is 3.99. The molecule has 1 heterocycles. The van der Waals surface area contributed by atoms with Crippen molar-refractivity contribution in [1.82, 2.24) is 9.47 Å². The fourth-order valence-corrected chi connectivity index (χ4v) is 2.62. The Kier molecular flexibility index (Phi) is 2.55. The van der Waals surface area contributed by atoms with Crippen LogP contribution in [0.5, 0.6) is 5.75 Å². The number of hydrogen-bond donors (Lipinski definition) is 0. The van der Waals surface area contributed by atoms with Gasteiger partial charge in [0.2, 0.25) is 0 Å². The van der Waals surface area contributed by atoms with E-state index in [0.717, 1.165) is 17.3 Å². The highest BCUT2D eigenvalue weighted by molar-refractivity contribution is 5.82. The van der Waals surface area contributed by atoms with Crippen LogP contribution in [-0.4, -0.2) is 36.7 Å². The highest BCUT2D eigenvalue weighted by Crippen LogP contribution is 2.42. The highest BCUT2D eigenvalue weighted by atomic mass is 19.1. The summed E-state index contributed by atoms with van der Waals surface area (Å²) < 4.78 is 20.9. The van der Waals surface area contributed by atoms with Gasteiger partial charge in [-0.3, -0.25) is 0 Å². The van der Waals surface area contributed by atoms with Gasteiger partial charge in [0, 0.05) is 23.7 Å². The minimum Gasteiger partial charge on any atom is -0.494 e. The van der Waals surface area contributed by atoms with Crippen molar-refractivity contribution >= 4 is 10.9 Å². The molecule has 0 saturated heterocycles. The minimum atomic E-state index is -0.303. The Hall–Kier alpha value is -1.55. The van der Waals surface area contributed by atoms with Gasteiger partial charge >= 0.3 is 0 Å². The van der Waals surface area contributed by atoms with Crippen LogP contribution in [0.25, 0.3) is 10.9 Å². The highest BCUT2D eigenvalue weighted by Gasteiger charge is 2.40. The van der Waals surface area contributed by atoms with Crippen molar-refractivity contribution in [2.24, 2.45) is 0 Å². The van der Waals surface area contributed by atoms with E-state index in [2.05, 4.69) is 23.6 Å². The Morgan fingerprint density at radius 3 is 2.78 bits per heavy atom. The predicted octanol–water partition coefficient (Wildman–Crippen LogP) is 2.66. The molecule has 0 aliphatic heterocycles. The van der Waals surface area contributed by atoms with Crippen LogP contribution >= 0.6 is 0 Å². The van der Waals surface area contributed by atoms with Gasteiger partial charge in [0.1, 0.15) is 0 Å². The maximum atomic E-state index is 13.6. The second-order valence-electron chi connectivity index (χ2n) is 5.10. The normalized spacial score (nSPS) is 22.7. The van der Waals surface area contributed by atoms with E-state index in [4.69, 9.17) is 4.74 Å². The Morgan fingerprint density at radius 1 is 1.39 bits per heavy atom. The van der Waals surface area contributed by atoms with E-state index >= 15 is 0 Å². The van der Waals surface area contributed by atoms with Gasteiger partial charge in [-0.15, -0.1) is 0 Å². The van der Waals surface area contributed by atoms with E-state index in [9.17, 15) is 4.39 Å². The number of halogens is 1. The summed E-state index contributed by atoms with van der Waals surface area (Å²) in [5.41, 5.74) is 1.04. The zero-order valence-electron chi connectivity index (χ0n) is 10.9. The molecule has 0 radical (unpaired) electrons. The molecular formula is C14H17FN2O. The first-order valence-corrected chi connectivity index (χ1v) is 6.12. The molecule has 1 fully saturated rings. The molecule has 0 spiro atoms. The summed E-state index contributed by atoms with van der Waals surface area (Å²) in [6.45, 7) is 0. The SMILES string of the molecule is COc1cc2c(ccn2C2CC2N(C)C)cc1F. The summed E-state index contributed by atoms with van der Waals surface area (Å²) >= 11 is 0. The lowest BCUT2D eigenvalue weighted by molar-refractivity contribution is 0.376. The first-order chi connectivity index (χ1) is 8.61. The zero-order valence-corrected chi connectivity index (χ0v) is 10.9. The summed E-state index contributed by atoms with van der Waals surface area (Å²) in [6, 6.07) is 6.36. The number of nitrogens with zero attached hydrogens (tertiary/aromatic N) is 2. The minimum absolute atomic E-state index is 0.303. The number of ether oxygens (including phenoxy) is 1. The van der Waals surface area contributed by atoms with Gasteiger partial charge in [0.05, 0.1) is 18.7 Å². The number of rotatable bonds is 3. The van der Waals surface area contributed by atoms with E-state index in [0.29, 0.717) is 17.8 Å². The molecule has 2 aromatic rings. The van der Waals surface area contributed by atoms with Gasteiger partial charge in [-0.05, 0) is 32.6 Å². The largest absolute Gasteiger partial charge is 0.494 e. The third-order valence-electron chi connectivity index (χ3n) is 3.74. The summed E-state index contributed by atoms with van der Waals surface area (Å²) in [6.07, 6.45) is 3.19. The molecule has 0 bridgehead atoms. The zero-order chi connectivity index (χ0) is 12.9. The Bertz CT molecular complexity index is 591. The molecule has 96 valence electrons. The fourth-order valence-electron chi connectivity index (χ4n) is 2.62. The first-order valence-electron chi connectivity index (χ1n) is 6.12. The maximum absolute atomic E-state index is 13.6. The third-order valence-corrected chi connectivity index (χ3v) is 3.74. The van der Waals surface area contributed by atoms with E-state index in [1.54, 1.807) is 6.07 Å². The van der Waals surface area contributed by atoms with Crippen molar-refractivity contribution in [3.63, 3.8) is 0 Å².